The van der Waals surface area contributed by atoms with Gasteiger partial charge in [0, 0.05) is 11.3 Å². The number of carboxylic acids is 1. The number of hydrogen-bond donors (Lipinski definition) is 2. The van der Waals surface area contributed by atoms with Gasteiger partial charge >= 0.3 is 5.97 Å². The smallest absolute Gasteiger partial charge is 0.335 e. The number of nitrogens with zero attached hydrogens (tertiary/aromatic N) is 1. The Bertz CT molecular complexity index is 1360. The fourth-order valence-electron chi connectivity index (χ4n) is 3.45. The molecule has 3 aromatic carbocycles. The Morgan fingerprint density at radius 1 is 1.11 bits per heavy atom. The Kier molecular flexibility index (Phi) is 9.17. The molecular formula is C29H25FN2O5. The average Bonchev–Trinajstić information content (AvgIpc) is 2.88. The van der Waals surface area contributed by atoms with Gasteiger partial charge in [0.05, 0.1) is 12.2 Å². The summed E-state index contributed by atoms with van der Waals surface area (Å²) >= 11 is 0. The fraction of sp³-hybridized carbons (Fsp3) is 0.138. The largest absolute Gasteiger partial charge is 0.490 e. The standard InChI is InChI=1S/C29H25FN2O5/c1-3-5-22-14-20(15-23(17-31)28(33)32-25-12-10-24(30)11-13-25)16-26(36-4-2)27(22)37-18-19-6-8-21(9-7-19)29(34)35/h3,6-16H,1,4-5,18H2,2H3,(H,32,33)(H,34,35)/b23-15+. The lowest BCUT2D eigenvalue weighted by molar-refractivity contribution is -0.112. The molecular weight excluding hydrogens is 475 g/mol. The number of allylic oxidation sites excluding steroid dienone is 1. The molecule has 0 atom stereocenters. The van der Waals surface area contributed by atoms with E-state index in [-0.39, 0.29) is 17.7 Å². The zero-order valence-corrected chi connectivity index (χ0v) is 20.2. The molecule has 0 aliphatic carbocycles. The summed E-state index contributed by atoms with van der Waals surface area (Å²) in [5.41, 5.74) is 2.43. The minimum atomic E-state index is -1.01. The van der Waals surface area contributed by atoms with Crippen molar-refractivity contribution in [3.8, 4) is 17.6 Å². The Morgan fingerprint density at radius 2 is 1.81 bits per heavy atom. The van der Waals surface area contributed by atoms with Crippen LogP contribution in [-0.2, 0) is 17.8 Å². The molecule has 0 spiro atoms. The topological polar surface area (TPSA) is 109 Å². The Balaban J connectivity index is 1.90. The first-order valence-corrected chi connectivity index (χ1v) is 11.4. The van der Waals surface area contributed by atoms with Crippen LogP contribution in [0.25, 0.3) is 6.08 Å². The van der Waals surface area contributed by atoms with Crippen molar-refractivity contribution in [2.24, 2.45) is 0 Å². The molecule has 0 fully saturated rings. The first-order valence-electron chi connectivity index (χ1n) is 11.4. The molecule has 1 amide bonds. The van der Waals surface area contributed by atoms with E-state index in [9.17, 15) is 19.2 Å². The second-order valence-corrected chi connectivity index (χ2v) is 7.85. The molecule has 0 radical (unpaired) electrons. The van der Waals surface area contributed by atoms with Gasteiger partial charge in [-0.3, -0.25) is 4.79 Å². The second kappa shape index (κ2) is 12.7. The van der Waals surface area contributed by atoms with Crippen LogP contribution >= 0.6 is 0 Å². The molecule has 3 rings (SSSR count). The van der Waals surface area contributed by atoms with Crippen molar-refractivity contribution in [3.63, 3.8) is 0 Å². The zero-order chi connectivity index (χ0) is 26.8. The van der Waals surface area contributed by atoms with Gasteiger partial charge in [0.25, 0.3) is 5.91 Å². The number of nitriles is 1. The molecule has 3 aromatic rings. The molecule has 188 valence electrons. The molecule has 2 N–H and O–H groups in total. The van der Waals surface area contributed by atoms with Crippen molar-refractivity contribution in [1.82, 2.24) is 0 Å². The van der Waals surface area contributed by atoms with Crippen molar-refractivity contribution in [1.29, 1.82) is 5.26 Å². The SMILES string of the molecule is C=CCc1cc(/C=C(\C#N)C(=O)Nc2ccc(F)cc2)cc(OCC)c1OCc1ccc(C(=O)O)cc1. The van der Waals surface area contributed by atoms with Gasteiger partial charge in [-0.25, -0.2) is 9.18 Å². The summed E-state index contributed by atoms with van der Waals surface area (Å²) < 4.78 is 25.0. The van der Waals surface area contributed by atoms with E-state index < -0.39 is 17.7 Å². The number of amides is 1. The number of hydrogen-bond acceptors (Lipinski definition) is 5. The van der Waals surface area contributed by atoms with E-state index in [2.05, 4.69) is 11.9 Å². The third kappa shape index (κ3) is 7.29. The van der Waals surface area contributed by atoms with Crippen LogP contribution in [0.4, 0.5) is 10.1 Å². The molecule has 0 aliphatic heterocycles. The van der Waals surface area contributed by atoms with Crippen LogP contribution in [0.2, 0.25) is 0 Å². The van der Waals surface area contributed by atoms with Crippen LogP contribution in [0.3, 0.4) is 0 Å². The minimum Gasteiger partial charge on any atom is -0.490 e. The normalized spacial score (nSPS) is 10.8. The van der Waals surface area contributed by atoms with Gasteiger partial charge in [-0.05, 0) is 79.1 Å². The number of nitrogens with one attached hydrogen (secondary N) is 1. The fourth-order valence-corrected chi connectivity index (χ4v) is 3.45. The summed E-state index contributed by atoms with van der Waals surface area (Å²) in [5, 5.41) is 21.2. The molecule has 0 saturated carbocycles. The van der Waals surface area contributed by atoms with E-state index in [1.54, 1.807) is 30.3 Å². The van der Waals surface area contributed by atoms with Crippen LogP contribution in [0.5, 0.6) is 11.5 Å². The van der Waals surface area contributed by atoms with Gasteiger partial charge in [0.1, 0.15) is 24.1 Å². The van der Waals surface area contributed by atoms with Crippen LogP contribution < -0.4 is 14.8 Å². The van der Waals surface area contributed by atoms with Gasteiger partial charge < -0.3 is 19.9 Å². The number of carbonyl (C=O) groups excluding carboxylic acids is 1. The summed E-state index contributed by atoms with van der Waals surface area (Å²) in [7, 11) is 0. The number of aromatic carboxylic acids is 1. The first-order chi connectivity index (χ1) is 17.8. The summed E-state index contributed by atoms with van der Waals surface area (Å²) in [6, 6.07) is 16.9. The Labute approximate surface area is 214 Å². The van der Waals surface area contributed by atoms with Crippen molar-refractivity contribution in [2.45, 2.75) is 20.0 Å². The highest BCUT2D eigenvalue weighted by molar-refractivity contribution is 6.09. The zero-order valence-electron chi connectivity index (χ0n) is 20.2. The van der Waals surface area contributed by atoms with Crippen LogP contribution in [0.15, 0.2) is 78.9 Å². The molecule has 0 bridgehead atoms. The molecule has 0 heterocycles. The average molecular weight is 501 g/mol. The van der Waals surface area contributed by atoms with Crippen LogP contribution in [0.1, 0.15) is 34.0 Å². The summed E-state index contributed by atoms with van der Waals surface area (Å²) in [6.45, 7) is 6.13. The number of ether oxygens (including phenoxy) is 2. The Hall–Kier alpha value is -4.90. The van der Waals surface area contributed by atoms with E-state index in [0.29, 0.717) is 35.8 Å². The van der Waals surface area contributed by atoms with Gasteiger partial charge in [-0.1, -0.05) is 18.2 Å². The number of rotatable bonds is 11. The van der Waals surface area contributed by atoms with E-state index in [1.165, 1.54) is 42.5 Å². The summed E-state index contributed by atoms with van der Waals surface area (Å²) in [4.78, 5) is 23.7. The lowest BCUT2D eigenvalue weighted by atomic mass is 10.0. The second-order valence-electron chi connectivity index (χ2n) is 7.85. The minimum absolute atomic E-state index is 0.150. The van der Waals surface area contributed by atoms with Crippen molar-refractivity contribution in [3.05, 3.63) is 107 Å². The van der Waals surface area contributed by atoms with Crippen molar-refractivity contribution >= 4 is 23.6 Å². The molecule has 37 heavy (non-hydrogen) atoms. The maximum absolute atomic E-state index is 13.1. The molecule has 0 aromatic heterocycles. The van der Waals surface area contributed by atoms with Crippen molar-refractivity contribution in [2.75, 3.05) is 11.9 Å². The molecule has 8 heteroatoms. The third-order valence-electron chi connectivity index (χ3n) is 5.18. The maximum atomic E-state index is 13.1. The number of anilines is 1. The lowest BCUT2D eigenvalue weighted by Gasteiger charge is -2.17. The highest BCUT2D eigenvalue weighted by atomic mass is 19.1. The van der Waals surface area contributed by atoms with E-state index in [4.69, 9.17) is 14.6 Å². The van der Waals surface area contributed by atoms with Gasteiger partial charge in [-0.2, -0.15) is 5.26 Å². The van der Waals surface area contributed by atoms with Gasteiger partial charge in [-0.15, -0.1) is 6.58 Å². The highest BCUT2D eigenvalue weighted by Gasteiger charge is 2.16. The third-order valence-corrected chi connectivity index (χ3v) is 5.18. The summed E-state index contributed by atoms with van der Waals surface area (Å²) in [5.74, 6) is -1.18. The monoisotopic (exact) mass is 500 g/mol. The Morgan fingerprint density at radius 3 is 2.41 bits per heavy atom. The van der Waals surface area contributed by atoms with Crippen LogP contribution in [-0.4, -0.2) is 23.6 Å². The summed E-state index contributed by atoms with van der Waals surface area (Å²) in [6.07, 6.45) is 3.56. The molecule has 0 unspecified atom stereocenters. The van der Waals surface area contributed by atoms with E-state index in [0.717, 1.165) is 11.1 Å². The van der Waals surface area contributed by atoms with Crippen molar-refractivity contribution < 1.29 is 28.6 Å². The number of carboxylic acid groups (broad SMARTS) is 1. The maximum Gasteiger partial charge on any atom is 0.335 e. The van der Waals surface area contributed by atoms with Gasteiger partial charge in [0.2, 0.25) is 0 Å². The molecule has 0 saturated heterocycles. The predicted molar refractivity (Wildman–Crippen MR) is 138 cm³/mol. The molecule has 0 aliphatic rings. The van der Waals surface area contributed by atoms with E-state index in [1.807, 2.05) is 13.0 Å². The van der Waals surface area contributed by atoms with Crippen LogP contribution in [0, 0.1) is 17.1 Å². The number of carbonyl (C=O) groups is 2. The lowest BCUT2D eigenvalue weighted by Crippen LogP contribution is -2.13. The number of halogens is 1. The van der Waals surface area contributed by atoms with Gasteiger partial charge in [0.15, 0.2) is 11.5 Å². The quantitative estimate of drug-likeness (QED) is 0.196. The van der Waals surface area contributed by atoms with E-state index >= 15 is 0 Å². The predicted octanol–water partition coefficient (Wildman–Crippen LogP) is 5.78. The highest BCUT2D eigenvalue weighted by Crippen LogP contribution is 2.35. The first kappa shape index (κ1) is 26.7. The molecule has 7 nitrogen and oxygen atoms in total. The number of benzene rings is 3.